The fourth-order valence-electron chi connectivity index (χ4n) is 2.89. The van der Waals surface area contributed by atoms with Crippen LogP contribution in [0, 0.1) is 16.7 Å². The lowest BCUT2D eigenvalue weighted by Gasteiger charge is -2.38. The lowest BCUT2D eigenvalue weighted by atomic mass is 9.77. The molecule has 2 N–H and O–H groups in total. The summed E-state index contributed by atoms with van der Waals surface area (Å²) in [5.74, 6) is 0.0524. The maximum absolute atomic E-state index is 12.5. The lowest BCUT2D eigenvalue weighted by molar-refractivity contribution is -0.127. The Morgan fingerprint density at radius 3 is 2.67 bits per heavy atom. The average molecular weight is 285 g/mol. The van der Waals surface area contributed by atoms with Gasteiger partial charge in [0.1, 0.15) is 0 Å². The van der Waals surface area contributed by atoms with Gasteiger partial charge in [-0.3, -0.25) is 4.79 Å². The summed E-state index contributed by atoms with van der Waals surface area (Å²) >= 11 is 0. The molecule has 4 heteroatoms. The van der Waals surface area contributed by atoms with E-state index >= 15 is 0 Å². The van der Waals surface area contributed by atoms with Gasteiger partial charge in [0, 0.05) is 0 Å². The van der Waals surface area contributed by atoms with Crippen LogP contribution in [0.5, 0.6) is 0 Å². The smallest absolute Gasteiger partial charge is 0.238 e. The molecule has 0 spiro atoms. The average Bonchev–Trinajstić information content (AvgIpc) is 2.46. The monoisotopic (exact) mass is 285 g/mol. The molecule has 1 fully saturated rings. The molecule has 0 aromatic heterocycles. The summed E-state index contributed by atoms with van der Waals surface area (Å²) in [6.07, 6.45) is 2.17. The number of carbonyl (C=O) groups excluding carboxylic acids is 1. The van der Waals surface area contributed by atoms with Crippen molar-refractivity contribution in [3.63, 3.8) is 0 Å². The van der Waals surface area contributed by atoms with Crippen LogP contribution in [0.4, 0.5) is 0 Å². The molecule has 1 amide bonds. The van der Waals surface area contributed by atoms with Crippen LogP contribution in [0.2, 0.25) is 0 Å². The number of nitrogens with one attached hydrogen (secondary N) is 2. The van der Waals surface area contributed by atoms with Crippen molar-refractivity contribution in [2.24, 2.45) is 5.41 Å². The highest BCUT2D eigenvalue weighted by Gasteiger charge is 2.37. The van der Waals surface area contributed by atoms with Crippen LogP contribution in [0.25, 0.3) is 0 Å². The van der Waals surface area contributed by atoms with E-state index in [2.05, 4.69) is 30.6 Å². The first-order valence-electron chi connectivity index (χ1n) is 7.48. The highest BCUT2D eigenvalue weighted by molar-refractivity contribution is 5.83. The van der Waals surface area contributed by atoms with Crippen LogP contribution in [0.3, 0.4) is 0 Å². The van der Waals surface area contributed by atoms with Crippen molar-refractivity contribution < 1.29 is 4.79 Å². The molecule has 1 aromatic carbocycles. The summed E-state index contributed by atoms with van der Waals surface area (Å²) in [5.41, 5.74) is 1.62. The van der Waals surface area contributed by atoms with Gasteiger partial charge in [0.25, 0.3) is 0 Å². The van der Waals surface area contributed by atoms with Gasteiger partial charge in [0.15, 0.2) is 0 Å². The summed E-state index contributed by atoms with van der Waals surface area (Å²) in [4.78, 5) is 12.5. The van der Waals surface area contributed by atoms with Crippen LogP contribution in [-0.4, -0.2) is 18.5 Å². The van der Waals surface area contributed by atoms with Crippen LogP contribution in [0.15, 0.2) is 24.3 Å². The third-order valence-corrected chi connectivity index (χ3v) is 4.29. The molecular weight excluding hydrogens is 262 g/mol. The van der Waals surface area contributed by atoms with E-state index < -0.39 is 0 Å². The molecule has 1 aliphatic heterocycles. The van der Waals surface area contributed by atoms with E-state index in [4.69, 9.17) is 5.26 Å². The SMILES string of the molecule is CC(NC(=O)C1NCCCC1(C)C)c1ccc(C#N)cc1. The van der Waals surface area contributed by atoms with Crippen LogP contribution in [0.1, 0.15) is 50.8 Å². The quantitative estimate of drug-likeness (QED) is 0.897. The van der Waals surface area contributed by atoms with Gasteiger partial charge in [-0.25, -0.2) is 0 Å². The topological polar surface area (TPSA) is 64.9 Å². The van der Waals surface area contributed by atoms with Gasteiger partial charge in [0.2, 0.25) is 5.91 Å². The number of piperidine rings is 1. The van der Waals surface area contributed by atoms with Gasteiger partial charge in [0.05, 0.1) is 23.7 Å². The molecule has 1 heterocycles. The minimum Gasteiger partial charge on any atom is -0.348 e. The Morgan fingerprint density at radius 2 is 2.10 bits per heavy atom. The van der Waals surface area contributed by atoms with Crippen LogP contribution < -0.4 is 10.6 Å². The van der Waals surface area contributed by atoms with Crippen molar-refractivity contribution in [3.05, 3.63) is 35.4 Å². The van der Waals surface area contributed by atoms with Crippen molar-refractivity contribution in [1.29, 1.82) is 5.26 Å². The zero-order chi connectivity index (χ0) is 15.5. The molecule has 0 saturated carbocycles. The Morgan fingerprint density at radius 1 is 1.43 bits per heavy atom. The van der Waals surface area contributed by atoms with Crippen molar-refractivity contribution in [3.8, 4) is 6.07 Å². The summed E-state index contributed by atoms with van der Waals surface area (Å²) < 4.78 is 0. The van der Waals surface area contributed by atoms with Gasteiger partial charge in [-0.1, -0.05) is 26.0 Å². The van der Waals surface area contributed by atoms with Crippen LogP contribution >= 0.6 is 0 Å². The molecule has 1 aliphatic rings. The normalized spacial score (nSPS) is 22.1. The zero-order valence-corrected chi connectivity index (χ0v) is 12.9. The molecule has 0 aliphatic carbocycles. The summed E-state index contributed by atoms with van der Waals surface area (Å²) in [6, 6.07) is 9.23. The fraction of sp³-hybridized carbons (Fsp3) is 0.529. The Balaban J connectivity index is 2.02. The van der Waals surface area contributed by atoms with Crippen molar-refractivity contribution in [1.82, 2.24) is 10.6 Å². The summed E-state index contributed by atoms with van der Waals surface area (Å²) in [5, 5.41) is 15.2. The number of rotatable bonds is 3. The molecular formula is C17H23N3O. The largest absolute Gasteiger partial charge is 0.348 e. The third kappa shape index (κ3) is 3.62. The third-order valence-electron chi connectivity index (χ3n) is 4.29. The fourth-order valence-corrected chi connectivity index (χ4v) is 2.89. The molecule has 1 saturated heterocycles. The summed E-state index contributed by atoms with van der Waals surface area (Å²) in [7, 11) is 0. The Labute approximate surface area is 126 Å². The number of nitrogens with zero attached hydrogens (tertiary/aromatic N) is 1. The molecule has 1 aromatic rings. The van der Waals surface area contributed by atoms with E-state index in [0.29, 0.717) is 5.56 Å². The number of amides is 1. The molecule has 2 rings (SSSR count). The number of hydrogen-bond acceptors (Lipinski definition) is 3. The van der Waals surface area contributed by atoms with E-state index in [1.165, 1.54) is 0 Å². The van der Waals surface area contributed by atoms with Gasteiger partial charge >= 0.3 is 0 Å². The number of nitriles is 1. The lowest BCUT2D eigenvalue weighted by Crippen LogP contribution is -2.55. The highest BCUT2D eigenvalue weighted by Crippen LogP contribution is 2.30. The number of hydrogen-bond donors (Lipinski definition) is 2. The van der Waals surface area contributed by atoms with Gasteiger partial charge in [-0.15, -0.1) is 0 Å². The van der Waals surface area contributed by atoms with Crippen molar-refractivity contribution in [2.75, 3.05) is 6.54 Å². The molecule has 2 atom stereocenters. The molecule has 0 bridgehead atoms. The summed E-state index contributed by atoms with van der Waals surface area (Å²) in [6.45, 7) is 7.13. The van der Waals surface area contributed by atoms with Crippen LogP contribution in [-0.2, 0) is 4.79 Å². The number of carbonyl (C=O) groups is 1. The maximum atomic E-state index is 12.5. The predicted molar refractivity (Wildman–Crippen MR) is 82.5 cm³/mol. The first-order chi connectivity index (χ1) is 9.94. The first-order valence-corrected chi connectivity index (χ1v) is 7.48. The van der Waals surface area contributed by atoms with E-state index in [1.807, 2.05) is 19.1 Å². The standard InChI is InChI=1S/C17H23N3O/c1-12(14-7-5-13(11-18)6-8-14)20-16(21)15-17(2,3)9-4-10-19-15/h5-8,12,15,19H,4,9-10H2,1-3H3,(H,20,21). The van der Waals surface area contributed by atoms with E-state index in [0.717, 1.165) is 24.9 Å². The Kier molecular flexibility index (Phi) is 4.64. The minimum atomic E-state index is -0.146. The van der Waals surface area contributed by atoms with E-state index in [1.54, 1.807) is 12.1 Å². The van der Waals surface area contributed by atoms with E-state index in [9.17, 15) is 4.79 Å². The maximum Gasteiger partial charge on any atom is 0.238 e. The molecule has 112 valence electrons. The second-order valence-electron chi connectivity index (χ2n) is 6.44. The predicted octanol–water partition coefficient (Wildman–Crippen LogP) is 2.51. The van der Waals surface area contributed by atoms with Crippen molar-refractivity contribution in [2.45, 2.75) is 45.7 Å². The van der Waals surface area contributed by atoms with Crippen molar-refractivity contribution >= 4 is 5.91 Å². The second kappa shape index (κ2) is 6.28. The van der Waals surface area contributed by atoms with Gasteiger partial charge in [-0.05, 0) is 49.4 Å². The zero-order valence-electron chi connectivity index (χ0n) is 12.9. The second-order valence-corrected chi connectivity index (χ2v) is 6.44. The molecule has 0 radical (unpaired) electrons. The molecule has 21 heavy (non-hydrogen) atoms. The molecule has 4 nitrogen and oxygen atoms in total. The first kappa shape index (κ1) is 15.5. The molecule has 2 unspecified atom stereocenters. The number of benzene rings is 1. The highest BCUT2D eigenvalue weighted by atomic mass is 16.2. The Hall–Kier alpha value is -1.86. The van der Waals surface area contributed by atoms with Gasteiger partial charge in [-0.2, -0.15) is 5.26 Å². The minimum absolute atomic E-state index is 0.0211. The van der Waals surface area contributed by atoms with E-state index in [-0.39, 0.29) is 23.4 Å². The van der Waals surface area contributed by atoms with Gasteiger partial charge < -0.3 is 10.6 Å². The Bertz CT molecular complexity index is 542.